The fourth-order valence-corrected chi connectivity index (χ4v) is 4.28. The van der Waals surface area contributed by atoms with Gasteiger partial charge in [0, 0.05) is 38.3 Å². The van der Waals surface area contributed by atoms with Gasteiger partial charge in [0.25, 0.3) is 0 Å². The van der Waals surface area contributed by atoms with Gasteiger partial charge in [-0.1, -0.05) is 33.1 Å². The van der Waals surface area contributed by atoms with Gasteiger partial charge < -0.3 is 15.3 Å². The molecule has 1 saturated carbocycles. The van der Waals surface area contributed by atoms with Gasteiger partial charge >= 0.3 is 0 Å². The monoisotopic (exact) mass is 296 g/mol. The molecular weight excluding hydrogens is 260 g/mol. The lowest BCUT2D eigenvalue weighted by atomic mass is 9.88. The van der Waals surface area contributed by atoms with Crippen LogP contribution in [0.15, 0.2) is 0 Å². The molecule has 3 heteroatoms. The second kappa shape index (κ2) is 9.12. The Morgan fingerprint density at radius 2 is 1.86 bits per heavy atom. The molecule has 3 nitrogen and oxygen atoms in total. The summed E-state index contributed by atoms with van der Waals surface area (Å²) in [5, 5.41) is 13.1. The summed E-state index contributed by atoms with van der Waals surface area (Å²) in [6.07, 6.45) is 10.5. The predicted octanol–water partition coefficient (Wildman–Crippen LogP) is 3.03. The van der Waals surface area contributed by atoms with E-state index in [-0.39, 0.29) is 0 Å². The summed E-state index contributed by atoms with van der Waals surface area (Å²) in [4.78, 5) is 2.66. The first-order valence-electron chi connectivity index (χ1n) is 9.26. The van der Waals surface area contributed by atoms with E-state index in [0.717, 1.165) is 24.3 Å². The summed E-state index contributed by atoms with van der Waals surface area (Å²) in [5.41, 5.74) is 0. The lowest BCUT2D eigenvalue weighted by molar-refractivity contribution is 0.110. The van der Waals surface area contributed by atoms with Crippen LogP contribution in [-0.2, 0) is 0 Å². The van der Waals surface area contributed by atoms with Crippen LogP contribution in [-0.4, -0.2) is 48.3 Å². The standard InChI is InChI=1S/C18H36N2O/c1-15(2)12-20-13-16(7-6-10-21)11-18(14-20)19-17-8-4-3-5-9-17/h15-19,21H,3-14H2,1-2H3. The van der Waals surface area contributed by atoms with Crippen molar-refractivity contribution >= 4 is 0 Å². The van der Waals surface area contributed by atoms with Crippen LogP contribution in [0.1, 0.15) is 65.2 Å². The molecule has 124 valence electrons. The van der Waals surface area contributed by atoms with Gasteiger partial charge in [0.1, 0.15) is 0 Å². The fraction of sp³-hybridized carbons (Fsp3) is 1.00. The molecule has 1 aliphatic carbocycles. The molecule has 0 aromatic rings. The van der Waals surface area contributed by atoms with Crippen molar-refractivity contribution in [1.82, 2.24) is 10.2 Å². The van der Waals surface area contributed by atoms with Gasteiger partial charge in [-0.05, 0) is 43.9 Å². The molecule has 2 fully saturated rings. The van der Waals surface area contributed by atoms with Gasteiger partial charge in [-0.25, -0.2) is 0 Å². The number of piperidine rings is 1. The minimum atomic E-state index is 0.349. The van der Waals surface area contributed by atoms with Crippen molar-refractivity contribution in [1.29, 1.82) is 0 Å². The van der Waals surface area contributed by atoms with E-state index in [1.165, 1.54) is 64.6 Å². The zero-order valence-corrected chi connectivity index (χ0v) is 14.2. The maximum Gasteiger partial charge on any atom is 0.0431 e. The van der Waals surface area contributed by atoms with E-state index in [0.29, 0.717) is 12.6 Å². The van der Waals surface area contributed by atoms with Crippen LogP contribution in [0, 0.1) is 11.8 Å². The third kappa shape index (κ3) is 6.25. The molecular formula is C18H36N2O. The predicted molar refractivity (Wildman–Crippen MR) is 89.5 cm³/mol. The van der Waals surface area contributed by atoms with E-state index >= 15 is 0 Å². The van der Waals surface area contributed by atoms with E-state index in [4.69, 9.17) is 5.11 Å². The van der Waals surface area contributed by atoms with Crippen LogP contribution in [0.3, 0.4) is 0 Å². The SMILES string of the molecule is CC(C)CN1CC(CCCO)CC(NC2CCCCC2)C1. The first-order valence-corrected chi connectivity index (χ1v) is 9.26. The Labute approximate surface area is 131 Å². The van der Waals surface area contributed by atoms with E-state index in [1.54, 1.807) is 0 Å². The Morgan fingerprint density at radius 1 is 1.10 bits per heavy atom. The first-order chi connectivity index (χ1) is 10.2. The summed E-state index contributed by atoms with van der Waals surface area (Å²) in [5.74, 6) is 1.52. The van der Waals surface area contributed by atoms with Crippen molar-refractivity contribution in [2.75, 3.05) is 26.2 Å². The smallest absolute Gasteiger partial charge is 0.0431 e. The molecule has 21 heavy (non-hydrogen) atoms. The second-order valence-corrected chi connectivity index (χ2v) is 7.78. The Hall–Kier alpha value is -0.120. The van der Waals surface area contributed by atoms with Gasteiger partial charge in [0.2, 0.25) is 0 Å². The average Bonchev–Trinajstić information content (AvgIpc) is 2.45. The number of nitrogens with one attached hydrogen (secondary N) is 1. The Bertz CT molecular complexity index is 276. The molecule has 0 radical (unpaired) electrons. The van der Waals surface area contributed by atoms with Crippen molar-refractivity contribution in [3.63, 3.8) is 0 Å². The van der Waals surface area contributed by atoms with Gasteiger partial charge in [0.15, 0.2) is 0 Å². The van der Waals surface area contributed by atoms with Crippen molar-refractivity contribution in [3.8, 4) is 0 Å². The molecule has 0 amide bonds. The Kier molecular flexibility index (Phi) is 7.48. The molecule has 0 aromatic heterocycles. The van der Waals surface area contributed by atoms with Crippen LogP contribution in [0.25, 0.3) is 0 Å². The minimum absolute atomic E-state index is 0.349. The molecule has 2 rings (SSSR count). The molecule has 2 N–H and O–H groups in total. The normalized spacial score (nSPS) is 29.1. The molecule has 2 unspecified atom stereocenters. The highest BCUT2D eigenvalue weighted by Gasteiger charge is 2.28. The second-order valence-electron chi connectivity index (χ2n) is 7.78. The van der Waals surface area contributed by atoms with E-state index in [9.17, 15) is 0 Å². The lowest BCUT2D eigenvalue weighted by Crippen LogP contribution is -2.52. The van der Waals surface area contributed by atoms with Crippen LogP contribution >= 0.6 is 0 Å². The number of nitrogens with zero attached hydrogens (tertiary/aromatic N) is 1. The van der Waals surface area contributed by atoms with Crippen LogP contribution < -0.4 is 5.32 Å². The average molecular weight is 296 g/mol. The van der Waals surface area contributed by atoms with Crippen LogP contribution in [0.2, 0.25) is 0 Å². The number of rotatable bonds is 7. The molecule has 2 atom stereocenters. The highest BCUT2D eigenvalue weighted by Crippen LogP contribution is 2.24. The van der Waals surface area contributed by atoms with E-state index in [1.807, 2.05) is 0 Å². The summed E-state index contributed by atoms with van der Waals surface area (Å²) in [7, 11) is 0. The molecule has 1 saturated heterocycles. The Morgan fingerprint density at radius 3 is 2.52 bits per heavy atom. The summed E-state index contributed by atoms with van der Waals surface area (Å²) >= 11 is 0. The number of likely N-dealkylation sites (tertiary alicyclic amines) is 1. The largest absolute Gasteiger partial charge is 0.396 e. The van der Waals surface area contributed by atoms with Crippen molar-refractivity contribution in [2.45, 2.75) is 77.3 Å². The van der Waals surface area contributed by atoms with E-state index < -0.39 is 0 Å². The zero-order valence-electron chi connectivity index (χ0n) is 14.2. The van der Waals surface area contributed by atoms with Crippen molar-refractivity contribution in [3.05, 3.63) is 0 Å². The van der Waals surface area contributed by atoms with Crippen molar-refractivity contribution < 1.29 is 5.11 Å². The number of aliphatic hydroxyl groups is 1. The molecule has 0 bridgehead atoms. The first kappa shape index (κ1) is 17.2. The summed E-state index contributed by atoms with van der Waals surface area (Å²) in [6, 6.07) is 1.44. The quantitative estimate of drug-likeness (QED) is 0.758. The molecule has 0 aromatic carbocycles. The molecule has 2 aliphatic rings. The number of hydrogen-bond acceptors (Lipinski definition) is 3. The van der Waals surface area contributed by atoms with E-state index in [2.05, 4.69) is 24.1 Å². The summed E-state index contributed by atoms with van der Waals surface area (Å²) < 4.78 is 0. The van der Waals surface area contributed by atoms with Crippen LogP contribution in [0.4, 0.5) is 0 Å². The maximum absolute atomic E-state index is 9.11. The maximum atomic E-state index is 9.11. The molecule has 1 aliphatic heterocycles. The highest BCUT2D eigenvalue weighted by atomic mass is 16.2. The third-order valence-corrected chi connectivity index (χ3v) is 5.08. The van der Waals surface area contributed by atoms with Gasteiger partial charge in [0.05, 0.1) is 0 Å². The number of hydrogen-bond donors (Lipinski definition) is 2. The van der Waals surface area contributed by atoms with Gasteiger partial charge in [-0.3, -0.25) is 0 Å². The topological polar surface area (TPSA) is 35.5 Å². The zero-order chi connectivity index (χ0) is 15.1. The highest BCUT2D eigenvalue weighted by molar-refractivity contribution is 4.87. The van der Waals surface area contributed by atoms with Gasteiger partial charge in [-0.15, -0.1) is 0 Å². The molecule has 0 spiro atoms. The van der Waals surface area contributed by atoms with Gasteiger partial charge in [-0.2, -0.15) is 0 Å². The fourth-order valence-electron chi connectivity index (χ4n) is 4.28. The molecule has 1 heterocycles. The van der Waals surface area contributed by atoms with Crippen LogP contribution in [0.5, 0.6) is 0 Å². The lowest BCUT2D eigenvalue weighted by Gasteiger charge is -2.41. The summed E-state index contributed by atoms with van der Waals surface area (Å²) in [6.45, 7) is 8.67. The van der Waals surface area contributed by atoms with Crippen molar-refractivity contribution in [2.24, 2.45) is 11.8 Å². The minimum Gasteiger partial charge on any atom is -0.396 e. The third-order valence-electron chi connectivity index (χ3n) is 5.08. The Balaban J connectivity index is 1.84. The number of aliphatic hydroxyl groups excluding tert-OH is 1.